The summed E-state index contributed by atoms with van der Waals surface area (Å²) in [4.78, 5) is 36.4. The molecule has 0 saturated carbocycles. The molecule has 0 N–H and O–H groups in total. The lowest BCUT2D eigenvalue weighted by atomic mass is 9.85. The lowest BCUT2D eigenvalue weighted by Crippen LogP contribution is -2.26. The molecular weight excluding hydrogens is 348 g/mol. The van der Waals surface area contributed by atoms with E-state index in [4.69, 9.17) is 14.2 Å². The topological polar surface area (TPSA) is 78.9 Å². The zero-order chi connectivity index (χ0) is 20.1. The average molecular weight is 376 g/mol. The van der Waals surface area contributed by atoms with Crippen LogP contribution in [0.25, 0.3) is 0 Å². The number of Topliss-reactive ketones (excluding diaryl/α,β-unsaturated/α-hetero) is 1. The summed E-state index contributed by atoms with van der Waals surface area (Å²) >= 11 is 0. The first-order valence-electron chi connectivity index (χ1n) is 9.22. The van der Waals surface area contributed by atoms with E-state index in [-0.39, 0.29) is 36.3 Å². The maximum atomic E-state index is 12.5. The van der Waals surface area contributed by atoms with E-state index >= 15 is 0 Å². The van der Waals surface area contributed by atoms with Crippen molar-refractivity contribution in [1.82, 2.24) is 0 Å². The van der Waals surface area contributed by atoms with Crippen molar-refractivity contribution in [3.05, 3.63) is 36.0 Å². The minimum absolute atomic E-state index is 0.0881. The highest BCUT2D eigenvalue weighted by Crippen LogP contribution is 2.34. The highest BCUT2D eigenvalue weighted by Gasteiger charge is 2.40. The first-order valence-corrected chi connectivity index (χ1v) is 9.22. The molecule has 0 aromatic heterocycles. The van der Waals surface area contributed by atoms with Crippen LogP contribution in [0, 0.1) is 11.8 Å². The Balaban J connectivity index is 2.23. The third-order valence-electron chi connectivity index (χ3n) is 4.91. The molecule has 1 aliphatic carbocycles. The third kappa shape index (κ3) is 5.39. The van der Waals surface area contributed by atoms with Gasteiger partial charge in [0.2, 0.25) is 0 Å². The molecule has 1 fully saturated rings. The second-order valence-corrected chi connectivity index (χ2v) is 7.50. The molecule has 1 saturated heterocycles. The fourth-order valence-corrected chi connectivity index (χ4v) is 3.28. The number of carbonyl (C=O) groups is 3. The lowest BCUT2D eigenvalue weighted by Gasteiger charge is -2.23. The summed E-state index contributed by atoms with van der Waals surface area (Å²) < 4.78 is 16.2. The second kappa shape index (κ2) is 9.13. The van der Waals surface area contributed by atoms with Gasteiger partial charge >= 0.3 is 11.9 Å². The molecule has 2 rings (SSSR count). The van der Waals surface area contributed by atoms with Crippen molar-refractivity contribution in [3.8, 4) is 0 Å². The molecule has 1 aliphatic heterocycles. The Kier molecular flexibility index (Phi) is 7.13. The maximum absolute atomic E-state index is 12.5. The molecule has 2 aliphatic rings. The summed E-state index contributed by atoms with van der Waals surface area (Å²) in [7, 11) is 1.53. The Hall–Kier alpha value is -2.21. The minimum Gasteiger partial charge on any atom is -0.461 e. The van der Waals surface area contributed by atoms with E-state index in [1.807, 2.05) is 13.8 Å². The SMILES string of the molecule is C=C1C(=O)C[C@H]2C(=C)C(=O)O[C@@H]2/C=C(\COC(=O)CC(C)C)CC[C@H]1OC. The van der Waals surface area contributed by atoms with Crippen LogP contribution in [0.15, 0.2) is 36.0 Å². The van der Waals surface area contributed by atoms with Gasteiger partial charge in [0.15, 0.2) is 5.78 Å². The van der Waals surface area contributed by atoms with Crippen molar-refractivity contribution in [2.24, 2.45) is 11.8 Å². The summed E-state index contributed by atoms with van der Waals surface area (Å²) in [6.07, 6.45) is 2.28. The summed E-state index contributed by atoms with van der Waals surface area (Å²) in [5.74, 6) is -1.16. The van der Waals surface area contributed by atoms with Crippen molar-refractivity contribution in [2.75, 3.05) is 13.7 Å². The van der Waals surface area contributed by atoms with Gasteiger partial charge in [0.25, 0.3) is 0 Å². The van der Waals surface area contributed by atoms with Crippen molar-refractivity contribution in [1.29, 1.82) is 0 Å². The van der Waals surface area contributed by atoms with Crippen LogP contribution < -0.4 is 0 Å². The summed E-state index contributed by atoms with van der Waals surface area (Å²) in [5.41, 5.74) is 1.48. The predicted molar refractivity (Wildman–Crippen MR) is 99.8 cm³/mol. The van der Waals surface area contributed by atoms with Crippen LogP contribution in [0.4, 0.5) is 0 Å². The van der Waals surface area contributed by atoms with Crippen LogP contribution in [0.2, 0.25) is 0 Å². The van der Waals surface area contributed by atoms with Crippen molar-refractivity contribution in [3.63, 3.8) is 0 Å². The first kappa shape index (κ1) is 21.1. The van der Waals surface area contributed by atoms with Crippen molar-refractivity contribution in [2.45, 2.75) is 51.7 Å². The van der Waals surface area contributed by atoms with Crippen molar-refractivity contribution >= 4 is 17.7 Å². The summed E-state index contributed by atoms with van der Waals surface area (Å²) in [5, 5.41) is 0. The van der Waals surface area contributed by atoms with E-state index < -0.39 is 24.1 Å². The van der Waals surface area contributed by atoms with Crippen LogP contribution in [-0.2, 0) is 28.6 Å². The number of ether oxygens (including phenoxy) is 3. The number of hydrogen-bond acceptors (Lipinski definition) is 6. The summed E-state index contributed by atoms with van der Waals surface area (Å²) in [6, 6.07) is 0. The number of fused-ring (bicyclic) bond motifs is 1. The van der Waals surface area contributed by atoms with E-state index in [1.165, 1.54) is 7.11 Å². The molecule has 0 amide bonds. The molecule has 0 aromatic carbocycles. The van der Waals surface area contributed by atoms with E-state index in [2.05, 4.69) is 13.2 Å². The number of hydrogen-bond donors (Lipinski definition) is 0. The monoisotopic (exact) mass is 376 g/mol. The molecule has 0 radical (unpaired) electrons. The maximum Gasteiger partial charge on any atom is 0.334 e. The van der Waals surface area contributed by atoms with Crippen LogP contribution in [-0.4, -0.2) is 43.6 Å². The molecule has 3 atom stereocenters. The van der Waals surface area contributed by atoms with E-state index in [0.717, 1.165) is 5.57 Å². The van der Waals surface area contributed by atoms with Crippen LogP contribution in [0.3, 0.4) is 0 Å². The van der Waals surface area contributed by atoms with Gasteiger partial charge in [0.1, 0.15) is 12.7 Å². The number of methoxy groups -OCH3 is 1. The van der Waals surface area contributed by atoms with Crippen LogP contribution in [0.1, 0.15) is 39.5 Å². The average Bonchev–Trinajstić information content (AvgIpc) is 2.86. The highest BCUT2D eigenvalue weighted by atomic mass is 16.6. The third-order valence-corrected chi connectivity index (χ3v) is 4.91. The van der Waals surface area contributed by atoms with Gasteiger partial charge in [-0.1, -0.05) is 27.0 Å². The Morgan fingerprint density at radius 2 is 2.00 bits per heavy atom. The van der Waals surface area contributed by atoms with Gasteiger partial charge in [-0.2, -0.15) is 0 Å². The largest absolute Gasteiger partial charge is 0.461 e. The van der Waals surface area contributed by atoms with Gasteiger partial charge in [-0.05, 0) is 30.4 Å². The van der Waals surface area contributed by atoms with Gasteiger partial charge < -0.3 is 14.2 Å². The van der Waals surface area contributed by atoms with Gasteiger partial charge in [-0.25, -0.2) is 4.79 Å². The van der Waals surface area contributed by atoms with Crippen LogP contribution in [0.5, 0.6) is 0 Å². The number of ketones is 1. The van der Waals surface area contributed by atoms with Gasteiger partial charge in [-0.15, -0.1) is 0 Å². The normalized spacial score (nSPS) is 28.4. The zero-order valence-corrected chi connectivity index (χ0v) is 16.3. The quantitative estimate of drug-likeness (QED) is 0.417. The van der Waals surface area contributed by atoms with Gasteiger partial charge in [0.05, 0.1) is 6.10 Å². The van der Waals surface area contributed by atoms with Crippen LogP contribution >= 0.6 is 0 Å². The van der Waals surface area contributed by atoms with E-state index in [0.29, 0.717) is 24.8 Å². The highest BCUT2D eigenvalue weighted by molar-refractivity contribution is 5.98. The molecular formula is C21H28O6. The first-order chi connectivity index (χ1) is 12.7. The molecule has 148 valence electrons. The predicted octanol–water partition coefficient (Wildman–Crippen LogP) is 2.92. The Bertz CT molecular complexity index is 672. The lowest BCUT2D eigenvalue weighted by molar-refractivity contribution is -0.143. The molecule has 27 heavy (non-hydrogen) atoms. The van der Waals surface area contributed by atoms with Gasteiger partial charge in [-0.3, -0.25) is 9.59 Å². The molecule has 0 bridgehead atoms. The second-order valence-electron chi connectivity index (χ2n) is 7.50. The molecule has 0 spiro atoms. The fraction of sp³-hybridized carbons (Fsp3) is 0.571. The van der Waals surface area contributed by atoms with E-state index in [1.54, 1.807) is 6.08 Å². The molecule has 1 heterocycles. The summed E-state index contributed by atoms with van der Waals surface area (Å²) in [6.45, 7) is 11.7. The number of esters is 2. The minimum atomic E-state index is -0.584. The number of rotatable bonds is 5. The number of carbonyl (C=O) groups excluding carboxylic acids is 3. The molecule has 0 aromatic rings. The Labute approximate surface area is 160 Å². The Morgan fingerprint density at radius 3 is 2.63 bits per heavy atom. The smallest absolute Gasteiger partial charge is 0.334 e. The van der Waals surface area contributed by atoms with Gasteiger partial charge in [0, 0.05) is 37.0 Å². The molecule has 0 unspecified atom stereocenters. The fourth-order valence-electron chi connectivity index (χ4n) is 3.28. The standard InChI is InChI=1S/C21H28O6/c1-12(2)8-20(23)26-11-15-6-7-18(25-5)14(4)17(22)10-16-13(3)21(24)27-19(16)9-15/h9,12,16,18-19H,3-4,6-8,10-11H2,1-2,5H3/b15-9-/t16-,18+,19+/m0/s1. The Morgan fingerprint density at radius 1 is 1.30 bits per heavy atom. The van der Waals surface area contributed by atoms with E-state index in [9.17, 15) is 14.4 Å². The molecule has 6 nitrogen and oxygen atoms in total. The zero-order valence-electron chi connectivity index (χ0n) is 16.3. The molecule has 6 heteroatoms. The van der Waals surface area contributed by atoms with Crippen molar-refractivity contribution < 1.29 is 28.6 Å².